The molecular formula is C16H24N2O2. The van der Waals surface area contributed by atoms with Gasteiger partial charge in [0.05, 0.1) is 0 Å². The summed E-state index contributed by atoms with van der Waals surface area (Å²) >= 11 is 0. The van der Waals surface area contributed by atoms with Gasteiger partial charge in [0, 0.05) is 6.04 Å². The fraction of sp³-hybridized carbons (Fsp3) is 0.562. The highest BCUT2D eigenvalue weighted by molar-refractivity contribution is 5.78. The first-order valence-corrected chi connectivity index (χ1v) is 7.27. The maximum Gasteiger partial charge on any atom is 0.258 e. The molecule has 2 rings (SSSR count). The Morgan fingerprint density at radius 2 is 1.90 bits per heavy atom. The van der Waals surface area contributed by atoms with E-state index < -0.39 is 0 Å². The van der Waals surface area contributed by atoms with Crippen molar-refractivity contribution in [3.63, 3.8) is 0 Å². The van der Waals surface area contributed by atoms with Gasteiger partial charge in [-0.2, -0.15) is 0 Å². The van der Waals surface area contributed by atoms with Crippen molar-refractivity contribution in [3.05, 3.63) is 28.8 Å². The average molecular weight is 276 g/mol. The maximum absolute atomic E-state index is 11.9. The van der Waals surface area contributed by atoms with Gasteiger partial charge in [-0.25, -0.2) is 0 Å². The van der Waals surface area contributed by atoms with Crippen molar-refractivity contribution < 1.29 is 9.53 Å². The van der Waals surface area contributed by atoms with Gasteiger partial charge in [-0.1, -0.05) is 12.1 Å². The van der Waals surface area contributed by atoms with Crippen LogP contribution in [0.3, 0.4) is 0 Å². The molecule has 0 atom stereocenters. The minimum Gasteiger partial charge on any atom is -0.483 e. The number of piperidine rings is 1. The lowest BCUT2D eigenvalue weighted by Gasteiger charge is -2.23. The smallest absolute Gasteiger partial charge is 0.258 e. The van der Waals surface area contributed by atoms with Crippen LogP contribution in [0.5, 0.6) is 5.75 Å². The highest BCUT2D eigenvalue weighted by Gasteiger charge is 2.16. The Labute approximate surface area is 120 Å². The molecule has 1 aliphatic rings. The number of carbonyl (C=O) groups is 1. The van der Waals surface area contributed by atoms with E-state index in [0.717, 1.165) is 42.8 Å². The van der Waals surface area contributed by atoms with E-state index in [2.05, 4.69) is 23.6 Å². The Morgan fingerprint density at radius 3 is 2.60 bits per heavy atom. The minimum atomic E-state index is -0.0304. The second-order valence-electron chi connectivity index (χ2n) is 5.53. The van der Waals surface area contributed by atoms with Crippen molar-refractivity contribution in [1.29, 1.82) is 0 Å². The van der Waals surface area contributed by atoms with Gasteiger partial charge in [-0.15, -0.1) is 0 Å². The molecule has 1 aromatic rings. The zero-order valence-electron chi connectivity index (χ0n) is 12.6. The quantitative estimate of drug-likeness (QED) is 0.882. The van der Waals surface area contributed by atoms with Crippen LogP contribution in [0.2, 0.25) is 0 Å². The van der Waals surface area contributed by atoms with Crippen molar-refractivity contribution in [2.45, 2.75) is 39.7 Å². The topological polar surface area (TPSA) is 50.4 Å². The van der Waals surface area contributed by atoms with E-state index in [0.29, 0.717) is 0 Å². The number of benzene rings is 1. The fourth-order valence-corrected chi connectivity index (χ4v) is 2.52. The zero-order valence-corrected chi connectivity index (χ0v) is 12.6. The second kappa shape index (κ2) is 6.75. The van der Waals surface area contributed by atoms with Gasteiger partial charge in [0.2, 0.25) is 0 Å². The predicted octanol–water partition coefficient (Wildman–Crippen LogP) is 1.86. The summed E-state index contributed by atoms with van der Waals surface area (Å²) in [7, 11) is 0. The summed E-state index contributed by atoms with van der Waals surface area (Å²) in [6.45, 7) is 8.13. The van der Waals surface area contributed by atoms with E-state index in [1.807, 2.05) is 19.9 Å². The summed E-state index contributed by atoms with van der Waals surface area (Å²) in [6.07, 6.45) is 1.99. The van der Waals surface area contributed by atoms with Crippen molar-refractivity contribution in [1.82, 2.24) is 10.6 Å². The number of ether oxygens (including phenoxy) is 1. The molecule has 1 aromatic carbocycles. The Morgan fingerprint density at radius 1 is 1.25 bits per heavy atom. The van der Waals surface area contributed by atoms with Gasteiger partial charge in [0.1, 0.15) is 5.75 Å². The Balaban J connectivity index is 1.88. The molecule has 110 valence electrons. The first kappa shape index (κ1) is 14.9. The van der Waals surface area contributed by atoms with E-state index in [4.69, 9.17) is 4.74 Å². The Hall–Kier alpha value is -1.55. The zero-order chi connectivity index (χ0) is 14.5. The molecule has 0 bridgehead atoms. The van der Waals surface area contributed by atoms with Crippen LogP contribution < -0.4 is 15.4 Å². The molecule has 2 N–H and O–H groups in total. The largest absolute Gasteiger partial charge is 0.483 e. The molecule has 0 unspecified atom stereocenters. The Bertz CT molecular complexity index is 480. The van der Waals surface area contributed by atoms with Crippen LogP contribution in [0.15, 0.2) is 12.1 Å². The molecule has 0 radical (unpaired) electrons. The first-order valence-electron chi connectivity index (χ1n) is 7.27. The minimum absolute atomic E-state index is 0.0304. The molecule has 4 nitrogen and oxygen atoms in total. The van der Waals surface area contributed by atoms with E-state index >= 15 is 0 Å². The van der Waals surface area contributed by atoms with Crippen LogP contribution in [0.1, 0.15) is 29.5 Å². The molecule has 0 aliphatic carbocycles. The number of aryl methyl sites for hydroxylation is 2. The summed E-state index contributed by atoms with van der Waals surface area (Å²) in [5, 5.41) is 6.32. The molecule has 4 heteroatoms. The molecule has 0 saturated carbocycles. The molecule has 1 aliphatic heterocycles. The third kappa shape index (κ3) is 3.73. The predicted molar refractivity (Wildman–Crippen MR) is 80.2 cm³/mol. The van der Waals surface area contributed by atoms with E-state index in [1.54, 1.807) is 0 Å². The summed E-state index contributed by atoms with van der Waals surface area (Å²) < 4.78 is 5.72. The van der Waals surface area contributed by atoms with Crippen LogP contribution in [0.25, 0.3) is 0 Å². The molecular weight excluding hydrogens is 252 g/mol. The van der Waals surface area contributed by atoms with Gasteiger partial charge >= 0.3 is 0 Å². The highest BCUT2D eigenvalue weighted by Crippen LogP contribution is 2.25. The molecule has 20 heavy (non-hydrogen) atoms. The normalized spacial score (nSPS) is 15.9. The van der Waals surface area contributed by atoms with E-state index in [-0.39, 0.29) is 18.6 Å². The van der Waals surface area contributed by atoms with Crippen LogP contribution in [0.4, 0.5) is 0 Å². The van der Waals surface area contributed by atoms with Crippen molar-refractivity contribution in [2.24, 2.45) is 0 Å². The van der Waals surface area contributed by atoms with Gasteiger partial charge < -0.3 is 15.4 Å². The SMILES string of the molecule is Cc1ccc(C)c(OCC(=O)NC2CCNCC2)c1C. The number of carbonyl (C=O) groups excluding carboxylic acids is 1. The van der Waals surface area contributed by atoms with Crippen molar-refractivity contribution in [2.75, 3.05) is 19.7 Å². The average Bonchev–Trinajstić information content (AvgIpc) is 2.44. The standard InChI is InChI=1S/C16H24N2O2/c1-11-4-5-12(2)16(13(11)3)20-10-15(19)18-14-6-8-17-9-7-14/h4-5,14,17H,6-10H2,1-3H3,(H,18,19). The number of hydrogen-bond acceptors (Lipinski definition) is 3. The third-order valence-electron chi connectivity index (χ3n) is 3.93. The van der Waals surface area contributed by atoms with Crippen LogP contribution >= 0.6 is 0 Å². The van der Waals surface area contributed by atoms with Crippen molar-refractivity contribution in [3.8, 4) is 5.75 Å². The fourth-order valence-electron chi connectivity index (χ4n) is 2.52. The van der Waals surface area contributed by atoms with Gasteiger partial charge in [0.15, 0.2) is 6.61 Å². The first-order chi connectivity index (χ1) is 9.58. The van der Waals surface area contributed by atoms with Crippen LogP contribution in [-0.4, -0.2) is 31.6 Å². The molecule has 0 aromatic heterocycles. The lowest BCUT2D eigenvalue weighted by atomic mass is 10.1. The van der Waals surface area contributed by atoms with Gasteiger partial charge in [-0.3, -0.25) is 4.79 Å². The lowest BCUT2D eigenvalue weighted by molar-refractivity contribution is -0.124. The Kier molecular flexibility index (Phi) is 5.01. The summed E-state index contributed by atoms with van der Waals surface area (Å²) in [6, 6.07) is 4.39. The molecule has 1 saturated heterocycles. The number of amides is 1. The second-order valence-corrected chi connectivity index (χ2v) is 5.53. The molecule has 1 amide bonds. The highest BCUT2D eigenvalue weighted by atomic mass is 16.5. The van der Waals surface area contributed by atoms with E-state index in [1.165, 1.54) is 5.56 Å². The number of rotatable bonds is 4. The van der Waals surface area contributed by atoms with Crippen molar-refractivity contribution >= 4 is 5.91 Å². The van der Waals surface area contributed by atoms with E-state index in [9.17, 15) is 4.79 Å². The van der Waals surface area contributed by atoms with Gasteiger partial charge in [-0.05, 0) is 63.4 Å². The summed E-state index contributed by atoms with van der Waals surface area (Å²) in [4.78, 5) is 11.9. The molecule has 1 heterocycles. The van der Waals surface area contributed by atoms with Crippen LogP contribution in [-0.2, 0) is 4.79 Å². The van der Waals surface area contributed by atoms with Gasteiger partial charge in [0.25, 0.3) is 5.91 Å². The summed E-state index contributed by atoms with van der Waals surface area (Å²) in [5.41, 5.74) is 3.37. The van der Waals surface area contributed by atoms with Crippen LogP contribution in [0, 0.1) is 20.8 Å². The number of hydrogen-bond donors (Lipinski definition) is 2. The molecule has 0 spiro atoms. The lowest BCUT2D eigenvalue weighted by Crippen LogP contribution is -2.44. The maximum atomic E-state index is 11.9. The monoisotopic (exact) mass is 276 g/mol. The number of nitrogens with one attached hydrogen (secondary N) is 2. The third-order valence-corrected chi connectivity index (χ3v) is 3.93. The summed E-state index contributed by atoms with van der Waals surface area (Å²) in [5.74, 6) is 0.808. The molecule has 1 fully saturated rings.